The van der Waals surface area contributed by atoms with E-state index in [2.05, 4.69) is 18.2 Å². The number of Topliss-reactive ketones (excluding diaryl/α,β-unsaturated/α-hetero) is 1. The third-order valence-corrected chi connectivity index (χ3v) is 8.77. The van der Waals surface area contributed by atoms with Crippen molar-refractivity contribution >= 4 is 28.9 Å². The third kappa shape index (κ3) is 4.30. The lowest BCUT2D eigenvalue weighted by Gasteiger charge is -2.31. The number of fused-ring (bicyclic) bond motifs is 3. The zero-order valence-electron chi connectivity index (χ0n) is 22.6. The van der Waals surface area contributed by atoms with E-state index in [1.807, 2.05) is 59.2 Å². The molecule has 0 spiro atoms. The molecule has 5 aromatic rings. The van der Waals surface area contributed by atoms with E-state index in [4.69, 9.17) is 14.1 Å². The maximum atomic E-state index is 14.0. The van der Waals surface area contributed by atoms with Gasteiger partial charge in [-0.25, -0.2) is 4.99 Å². The summed E-state index contributed by atoms with van der Waals surface area (Å²) < 4.78 is 14.2. The average Bonchev–Trinajstić information content (AvgIpc) is 3.60. The van der Waals surface area contributed by atoms with E-state index in [1.54, 1.807) is 32.2 Å². The molecule has 1 atom stereocenters. The van der Waals surface area contributed by atoms with E-state index in [0.29, 0.717) is 26.4 Å². The summed E-state index contributed by atoms with van der Waals surface area (Å²) in [5.41, 5.74) is 6.81. The number of ketones is 1. The molecule has 2 aromatic heterocycles. The highest BCUT2D eigenvalue weighted by atomic mass is 32.1. The molecule has 0 N–H and O–H groups in total. The van der Waals surface area contributed by atoms with Crippen LogP contribution in [0, 0.1) is 0 Å². The van der Waals surface area contributed by atoms with Gasteiger partial charge < -0.3 is 9.15 Å². The van der Waals surface area contributed by atoms with Crippen LogP contribution in [-0.2, 0) is 6.42 Å². The van der Waals surface area contributed by atoms with E-state index in [0.717, 1.165) is 46.6 Å². The van der Waals surface area contributed by atoms with Gasteiger partial charge in [-0.3, -0.25) is 14.2 Å². The summed E-state index contributed by atoms with van der Waals surface area (Å²) in [6.07, 6.45) is 3.49. The van der Waals surface area contributed by atoms with Crippen molar-refractivity contribution in [2.75, 3.05) is 7.11 Å². The molecular weight excluding hydrogens is 532 g/mol. The molecule has 2 aliphatic rings. The minimum absolute atomic E-state index is 0.0173. The highest BCUT2D eigenvalue weighted by Gasteiger charge is 2.34. The van der Waals surface area contributed by atoms with Crippen LogP contribution in [0.1, 0.15) is 52.2 Å². The lowest BCUT2D eigenvalue weighted by atomic mass is 9.83. The second kappa shape index (κ2) is 10.0. The van der Waals surface area contributed by atoms with Crippen LogP contribution in [0.25, 0.3) is 23.1 Å². The Morgan fingerprint density at radius 1 is 1.00 bits per heavy atom. The van der Waals surface area contributed by atoms with Crippen LogP contribution >= 0.6 is 11.3 Å². The van der Waals surface area contributed by atoms with Crippen LogP contribution in [0.4, 0.5) is 0 Å². The Morgan fingerprint density at radius 2 is 1.78 bits per heavy atom. The van der Waals surface area contributed by atoms with E-state index >= 15 is 0 Å². The van der Waals surface area contributed by atoms with Crippen molar-refractivity contribution in [3.63, 3.8) is 0 Å². The molecule has 0 radical (unpaired) electrons. The maximum absolute atomic E-state index is 14.0. The Morgan fingerprint density at radius 3 is 2.59 bits per heavy atom. The van der Waals surface area contributed by atoms with E-state index in [9.17, 15) is 9.59 Å². The number of furan rings is 1. The van der Waals surface area contributed by atoms with Crippen LogP contribution < -0.4 is 19.6 Å². The molecule has 6 nitrogen and oxygen atoms in total. The van der Waals surface area contributed by atoms with Gasteiger partial charge in [0.25, 0.3) is 5.56 Å². The lowest BCUT2D eigenvalue weighted by molar-refractivity contribution is 0.101. The fraction of sp³-hybridized carbons (Fsp3) is 0.147. The Kier molecular flexibility index (Phi) is 6.16. The highest BCUT2D eigenvalue weighted by molar-refractivity contribution is 7.07. The van der Waals surface area contributed by atoms with Crippen molar-refractivity contribution in [3.05, 3.63) is 138 Å². The van der Waals surface area contributed by atoms with Gasteiger partial charge in [-0.2, -0.15) is 0 Å². The van der Waals surface area contributed by atoms with Crippen LogP contribution in [0.15, 0.2) is 105 Å². The fourth-order valence-electron chi connectivity index (χ4n) is 5.78. The zero-order chi connectivity index (χ0) is 28.1. The van der Waals surface area contributed by atoms with Gasteiger partial charge in [0.15, 0.2) is 10.6 Å². The van der Waals surface area contributed by atoms with Gasteiger partial charge in [-0.05, 0) is 49.1 Å². The van der Waals surface area contributed by atoms with Crippen LogP contribution in [0.5, 0.6) is 5.75 Å². The van der Waals surface area contributed by atoms with Gasteiger partial charge in [0.2, 0.25) is 0 Å². The number of benzene rings is 3. The second-order valence-corrected chi connectivity index (χ2v) is 11.2. The molecule has 0 saturated heterocycles. The number of carbonyl (C=O) groups excluding carboxylic acids is 1. The molecule has 0 saturated carbocycles. The van der Waals surface area contributed by atoms with Crippen molar-refractivity contribution in [2.24, 2.45) is 4.99 Å². The Balaban J connectivity index is 1.38. The molecule has 3 aromatic carbocycles. The Bertz CT molecular complexity index is 2040. The topological polar surface area (TPSA) is 73.8 Å². The molecule has 41 heavy (non-hydrogen) atoms. The van der Waals surface area contributed by atoms with E-state index in [-0.39, 0.29) is 17.4 Å². The summed E-state index contributed by atoms with van der Waals surface area (Å²) in [6, 6.07) is 27.0. The normalized spacial score (nSPS) is 16.0. The molecule has 0 unspecified atom stereocenters. The van der Waals surface area contributed by atoms with Crippen molar-refractivity contribution in [2.45, 2.75) is 25.8 Å². The van der Waals surface area contributed by atoms with Crippen LogP contribution in [-0.4, -0.2) is 17.5 Å². The summed E-state index contributed by atoms with van der Waals surface area (Å²) in [4.78, 5) is 31.4. The van der Waals surface area contributed by atoms with Gasteiger partial charge in [-0.1, -0.05) is 78.1 Å². The molecule has 1 aliphatic carbocycles. The molecule has 3 heterocycles. The molecule has 0 fully saturated rings. The first-order chi connectivity index (χ1) is 20.0. The molecule has 202 valence electrons. The number of thiazole rings is 1. The number of aryl methyl sites for hydroxylation is 1. The number of carbonyl (C=O) groups is 1. The van der Waals surface area contributed by atoms with E-state index in [1.165, 1.54) is 16.9 Å². The first-order valence-electron chi connectivity index (χ1n) is 13.5. The first-order valence-corrected chi connectivity index (χ1v) is 14.3. The zero-order valence-corrected chi connectivity index (χ0v) is 23.4. The molecule has 0 bridgehead atoms. The lowest BCUT2D eigenvalue weighted by Crippen LogP contribution is -2.38. The maximum Gasteiger partial charge on any atom is 0.271 e. The largest absolute Gasteiger partial charge is 0.496 e. The number of rotatable bonds is 5. The predicted octanol–water partition coefficient (Wildman–Crippen LogP) is 5.79. The van der Waals surface area contributed by atoms with Gasteiger partial charge in [0.05, 0.1) is 23.4 Å². The quantitative estimate of drug-likeness (QED) is 0.256. The highest BCUT2D eigenvalue weighted by Crippen LogP contribution is 2.43. The van der Waals surface area contributed by atoms with E-state index < -0.39 is 0 Å². The van der Waals surface area contributed by atoms with Crippen molar-refractivity contribution < 1.29 is 13.9 Å². The number of nitrogens with zero attached hydrogens (tertiary/aromatic N) is 2. The number of methoxy groups -OCH3 is 1. The average molecular weight is 559 g/mol. The molecule has 0 amide bonds. The van der Waals surface area contributed by atoms with Crippen molar-refractivity contribution in [1.82, 2.24) is 4.57 Å². The van der Waals surface area contributed by atoms with Crippen LogP contribution in [0.3, 0.4) is 0 Å². The fourth-order valence-corrected chi connectivity index (χ4v) is 6.76. The number of hydrogen-bond acceptors (Lipinski definition) is 6. The Hall–Kier alpha value is -4.75. The summed E-state index contributed by atoms with van der Waals surface area (Å²) in [7, 11) is 1.66. The molecule has 7 rings (SSSR count). The number of allylic oxidation sites excluding steroid dienone is 1. The SMILES string of the molecule is COc1ccccc1[C@@H]1C2=C(N=c3s/c(=C/c4ccc(-c5ccc(C(C)=O)cc5)o4)c(=O)n31)c1ccccc1CC2. The second-order valence-electron chi connectivity index (χ2n) is 10.2. The number of aromatic nitrogens is 1. The number of ether oxygens (including phenoxy) is 1. The molecular formula is C34H26N2O4S. The summed E-state index contributed by atoms with van der Waals surface area (Å²) in [6.45, 7) is 1.55. The third-order valence-electron chi connectivity index (χ3n) is 7.78. The van der Waals surface area contributed by atoms with Gasteiger partial charge in [0.1, 0.15) is 17.3 Å². The predicted molar refractivity (Wildman–Crippen MR) is 160 cm³/mol. The van der Waals surface area contributed by atoms with Gasteiger partial charge >= 0.3 is 0 Å². The number of para-hydroxylation sites is 1. The minimum atomic E-state index is -0.320. The van der Waals surface area contributed by atoms with Crippen LogP contribution in [0.2, 0.25) is 0 Å². The monoisotopic (exact) mass is 558 g/mol. The summed E-state index contributed by atoms with van der Waals surface area (Å²) >= 11 is 1.37. The standard InChI is InChI=1S/C34H26N2O4S/c1-20(37)21-11-13-23(14-12-21)28-18-16-24(40-28)19-30-33(38)36-32(26-9-5-6-10-29(26)39-2)27-17-15-22-7-3-4-8-25(22)31(27)35-34(36)41-30/h3-14,16,18-19,32H,15,17H2,1-2H3/b30-19+/t32-/m1/s1. The molecule has 7 heteroatoms. The van der Waals surface area contributed by atoms with Gasteiger partial charge in [0, 0.05) is 28.3 Å². The summed E-state index contributed by atoms with van der Waals surface area (Å²) in [5, 5.41) is 0. The number of hydrogen-bond donors (Lipinski definition) is 0. The van der Waals surface area contributed by atoms with Crippen molar-refractivity contribution in [3.8, 4) is 17.1 Å². The first kappa shape index (κ1) is 25.2. The van der Waals surface area contributed by atoms with Gasteiger partial charge in [-0.15, -0.1) is 0 Å². The smallest absolute Gasteiger partial charge is 0.271 e. The Labute approximate surface area is 240 Å². The molecule has 1 aliphatic heterocycles. The summed E-state index contributed by atoms with van der Waals surface area (Å²) in [5.74, 6) is 2.00. The van der Waals surface area contributed by atoms with Crippen molar-refractivity contribution in [1.29, 1.82) is 0 Å². The minimum Gasteiger partial charge on any atom is -0.496 e.